The lowest BCUT2D eigenvalue weighted by atomic mass is 10.2. The molecule has 0 unspecified atom stereocenters. The lowest BCUT2D eigenvalue weighted by Gasteiger charge is -2.18. The van der Waals surface area contributed by atoms with E-state index < -0.39 is 29.8 Å². The Morgan fingerprint density at radius 1 is 1.16 bits per heavy atom. The summed E-state index contributed by atoms with van der Waals surface area (Å²) in [5.41, 5.74) is 0.516. The summed E-state index contributed by atoms with van der Waals surface area (Å²) >= 11 is 0. The number of nitrogens with one attached hydrogen (secondary N) is 4. The first kappa shape index (κ1) is 27.6. The van der Waals surface area contributed by atoms with Crippen molar-refractivity contribution in [2.75, 3.05) is 17.2 Å². The second kappa shape index (κ2) is 13.3. The number of aryl methyl sites for hydroxylation is 1. The van der Waals surface area contributed by atoms with Crippen LogP contribution in [0.1, 0.15) is 24.5 Å². The Morgan fingerprint density at radius 2 is 1.92 bits per heavy atom. The molecule has 0 radical (unpaired) electrons. The van der Waals surface area contributed by atoms with Gasteiger partial charge in [-0.2, -0.15) is 4.98 Å². The fraction of sp³-hybridized carbons (Fsp3) is 0.292. The van der Waals surface area contributed by atoms with Crippen molar-refractivity contribution in [2.45, 2.75) is 39.5 Å². The molecule has 0 fully saturated rings. The number of ether oxygens (including phenoxy) is 2. The van der Waals surface area contributed by atoms with Gasteiger partial charge in [-0.05, 0) is 12.5 Å². The van der Waals surface area contributed by atoms with E-state index in [2.05, 4.69) is 35.6 Å². The van der Waals surface area contributed by atoms with Crippen LogP contribution in [0.25, 0.3) is 0 Å². The molecule has 0 spiro atoms. The minimum atomic E-state index is -1.41. The van der Waals surface area contributed by atoms with Crippen LogP contribution in [0.3, 0.4) is 0 Å². The zero-order chi connectivity index (χ0) is 27.5. The molecule has 3 rings (SSSR count). The third kappa shape index (κ3) is 8.58. The lowest BCUT2D eigenvalue weighted by Crippen LogP contribution is -2.47. The number of nitrogens with zero attached hydrogens (tertiary/aromatic N) is 3. The van der Waals surface area contributed by atoms with E-state index in [0.29, 0.717) is 11.5 Å². The monoisotopic (exact) mass is 525 g/mol. The van der Waals surface area contributed by atoms with Gasteiger partial charge in [0.05, 0.1) is 6.54 Å². The first-order valence-corrected chi connectivity index (χ1v) is 11.5. The molecule has 14 heteroatoms. The zero-order valence-corrected chi connectivity index (χ0v) is 20.7. The van der Waals surface area contributed by atoms with Gasteiger partial charge < -0.3 is 25.1 Å². The Kier molecular flexibility index (Phi) is 9.68. The number of amides is 2. The Hall–Kier alpha value is -5.01. The number of H-pyrrole nitrogens is 1. The molecule has 0 aliphatic heterocycles. The molecule has 14 nitrogen and oxygen atoms in total. The van der Waals surface area contributed by atoms with E-state index in [1.807, 2.05) is 6.07 Å². The molecular weight excluding hydrogens is 498 g/mol. The van der Waals surface area contributed by atoms with Crippen molar-refractivity contribution in [3.8, 4) is 0 Å². The molecule has 1 aromatic carbocycles. The SMILES string of the molecule is CC(=O)OC(=O)[C@H](Cn1cc(C)c(NCCC(=O)Nc2ncc[nH]2)nc1=O)NC(=O)OCc1ccccc1. The van der Waals surface area contributed by atoms with Gasteiger partial charge in [0.15, 0.2) is 0 Å². The Labute approximate surface area is 216 Å². The number of imidazole rings is 1. The molecule has 0 aliphatic rings. The van der Waals surface area contributed by atoms with Crippen molar-refractivity contribution < 1.29 is 28.7 Å². The third-order valence-corrected chi connectivity index (χ3v) is 4.99. The lowest BCUT2D eigenvalue weighted by molar-refractivity contribution is -0.159. The number of carbonyl (C=O) groups excluding carboxylic acids is 4. The molecule has 2 amide bonds. The Morgan fingerprint density at radius 3 is 2.61 bits per heavy atom. The molecule has 2 heterocycles. The quantitative estimate of drug-likeness (QED) is 0.209. The van der Waals surface area contributed by atoms with Crippen LogP contribution in [0.15, 0.2) is 53.7 Å². The minimum absolute atomic E-state index is 0.0539. The molecule has 3 aromatic rings. The van der Waals surface area contributed by atoms with Crippen molar-refractivity contribution in [1.82, 2.24) is 24.8 Å². The van der Waals surface area contributed by atoms with Crippen LogP contribution in [0.2, 0.25) is 0 Å². The molecule has 38 heavy (non-hydrogen) atoms. The fourth-order valence-corrected chi connectivity index (χ4v) is 3.23. The van der Waals surface area contributed by atoms with Gasteiger partial charge in [0.1, 0.15) is 18.5 Å². The molecule has 0 bridgehead atoms. The summed E-state index contributed by atoms with van der Waals surface area (Å²) in [6.07, 6.45) is 3.64. The van der Waals surface area contributed by atoms with E-state index in [1.54, 1.807) is 37.4 Å². The Bertz CT molecular complexity index is 1320. The highest BCUT2D eigenvalue weighted by Crippen LogP contribution is 2.09. The maximum atomic E-state index is 12.6. The Balaban J connectivity index is 1.62. The van der Waals surface area contributed by atoms with Crippen LogP contribution in [-0.2, 0) is 37.0 Å². The fourth-order valence-electron chi connectivity index (χ4n) is 3.23. The van der Waals surface area contributed by atoms with Gasteiger partial charge in [-0.15, -0.1) is 0 Å². The highest BCUT2D eigenvalue weighted by molar-refractivity contribution is 5.89. The second-order valence-corrected chi connectivity index (χ2v) is 8.04. The van der Waals surface area contributed by atoms with E-state index in [4.69, 9.17) is 4.74 Å². The van der Waals surface area contributed by atoms with Crippen molar-refractivity contribution in [3.05, 3.63) is 70.5 Å². The maximum absolute atomic E-state index is 12.6. The van der Waals surface area contributed by atoms with E-state index >= 15 is 0 Å². The summed E-state index contributed by atoms with van der Waals surface area (Å²) in [6.45, 7) is 2.47. The first-order chi connectivity index (χ1) is 18.2. The van der Waals surface area contributed by atoms with Gasteiger partial charge in [-0.3, -0.25) is 19.5 Å². The smallest absolute Gasteiger partial charge is 0.408 e. The van der Waals surface area contributed by atoms with Crippen LogP contribution < -0.4 is 21.6 Å². The topological polar surface area (TPSA) is 186 Å². The van der Waals surface area contributed by atoms with E-state index in [9.17, 15) is 24.0 Å². The van der Waals surface area contributed by atoms with Crippen molar-refractivity contribution in [2.24, 2.45) is 0 Å². The van der Waals surface area contributed by atoms with Crippen LogP contribution in [0, 0.1) is 6.92 Å². The highest BCUT2D eigenvalue weighted by atomic mass is 16.6. The largest absolute Gasteiger partial charge is 0.445 e. The number of rotatable bonds is 11. The number of alkyl carbamates (subject to hydrolysis) is 1. The summed E-state index contributed by atoms with van der Waals surface area (Å²) in [7, 11) is 0. The van der Waals surface area contributed by atoms with Crippen LogP contribution in [0.5, 0.6) is 0 Å². The second-order valence-electron chi connectivity index (χ2n) is 8.04. The van der Waals surface area contributed by atoms with Crippen molar-refractivity contribution in [1.29, 1.82) is 0 Å². The normalized spacial score (nSPS) is 11.2. The van der Waals surface area contributed by atoms with Crippen molar-refractivity contribution >= 4 is 35.7 Å². The number of aromatic amines is 1. The summed E-state index contributed by atoms with van der Waals surface area (Å²) in [4.78, 5) is 71.3. The van der Waals surface area contributed by atoms with Gasteiger partial charge in [0.2, 0.25) is 11.9 Å². The molecule has 200 valence electrons. The average Bonchev–Trinajstić information content (AvgIpc) is 3.38. The number of esters is 2. The standard InChI is InChI=1S/C24H27N7O7/c1-15-12-31(23(35)30-20(15)25-9-8-19(33)29-22-26-10-11-27-22)13-18(21(34)38-16(2)32)28-24(36)37-14-17-6-4-3-5-7-17/h3-7,10-12,18H,8-9,13-14H2,1-2H3,(H,28,36)(H,25,30,35)(H2,26,27,29,33)/t18-/m0/s1. The molecule has 4 N–H and O–H groups in total. The van der Waals surface area contributed by atoms with E-state index in [1.165, 1.54) is 12.4 Å². The van der Waals surface area contributed by atoms with E-state index in [-0.39, 0.29) is 37.8 Å². The number of aromatic nitrogens is 4. The minimum Gasteiger partial charge on any atom is -0.445 e. The number of carbonyl (C=O) groups is 4. The van der Waals surface area contributed by atoms with Gasteiger partial charge in [-0.25, -0.2) is 19.4 Å². The summed E-state index contributed by atoms with van der Waals surface area (Å²) in [5.74, 6) is -1.67. The first-order valence-electron chi connectivity index (χ1n) is 11.5. The molecule has 0 aliphatic carbocycles. The van der Waals surface area contributed by atoms with Gasteiger partial charge in [-0.1, -0.05) is 30.3 Å². The molecule has 1 atom stereocenters. The third-order valence-electron chi connectivity index (χ3n) is 4.99. The predicted molar refractivity (Wildman–Crippen MR) is 134 cm³/mol. The molecule has 0 saturated heterocycles. The average molecular weight is 526 g/mol. The van der Waals surface area contributed by atoms with Crippen molar-refractivity contribution in [3.63, 3.8) is 0 Å². The van der Waals surface area contributed by atoms with Crippen LogP contribution >= 0.6 is 0 Å². The van der Waals surface area contributed by atoms with E-state index in [0.717, 1.165) is 17.1 Å². The van der Waals surface area contributed by atoms with Gasteiger partial charge in [0.25, 0.3) is 0 Å². The summed E-state index contributed by atoms with van der Waals surface area (Å²) in [5, 5.41) is 7.82. The van der Waals surface area contributed by atoms with Crippen LogP contribution in [0.4, 0.5) is 16.6 Å². The van der Waals surface area contributed by atoms with Gasteiger partial charge in [0, 0.05) is 44.0 Å². The zero-order valence-electron chi connectivity index (χ0n) is 20.7. The summed E-state index contributed by atoms with van der Waals surface area (Å²) < 4.78 is 10.8. The maximum Gasteiger partial charge on any atom is 0.408 e. The van der Waals surface area contributed by atoms with Crippen LogP contribution in [-0.4, -0.2) is 56.0 Å². The van der Waals surface area contributed by atoms with Gasteiger partial charge >= 0.3 is 23.7 Å². The highest BCUT2D eigenvalue weighted by Gasteiger charge is 2.26. The number of anilines is 2. The molecule has 0 saturated carbocycles. The molecule has 2 aromatic heterocycles. The number of hydrogen-bond donors (Lipinski definition) is 4. The number of hydrogen-bond acceptors (Lipinski definition) is 10. The predicted octanol–water partition coefficient (Wildman–Crippen LogP) is 1.10. The molecular formula is C24H27N7O7. The summed E-state index contributed by atoms with van der Waals surface area (Å²) in [6, 6.07) is 7.46. The number of benzene rings is 1.